The molecular formula is C11H16F2N4. The molecule has 17 heavy (non-hydrogen) atoms. The van der Waals surface area contributed by atoms with Gasteiger partial charge in [0.25, 0.3) is 0 Å². The predicted molar refractivity (Wildman–Crippen MR) is 64.9 cm³/mol. The van der Waals surface area contributed by atoms with Crippen molar-refractivity contribution in [3.05, 3.63) is 17.7 Å². The highest BCUT2D eigenvalue weighted by atomic mass is 19.1. The summed E-state index contributed by atoms with van der Waals surface area (Å²) in [6, 6.07) is 1.08. The predicted octanol–water partition coefficient (Wildman–Crippen LogP) is 0.881. The standard InChI is InChI=1S/C11H16F2N4/c1-16-2-4-17(5-3-16)11-7(12)6-8(14)10(15)9(11)13/h6H,2-5,14-15H2,1H3. The number of halogens is 2. The van der Waals surface area contributed by atoms with Gasteiger partial charge in [0.1, 0.15) is 5.69 Å². The van der Waals surface area contributed by atoms with Gasteiger partial charge in [0.15, 0.2) is 11.6 Å². The van der Waals surface area contributed by atoms with Gasteiger partial charge in [0.2, 0.25) is 0 Å². The van der Waals surface area contributed by atoms with E-state index in [0.29, 0.717) is 13.1 Å². The highest BCUT2D eigenvalue weighted by Crippen LogP contribution is 2.32. The highest BCUT2D eigenvalue weighted by molar-refractivity contribution is 5.72. The lowest BCUT2D eigenvalue weighted by atomic mass is 10.2. The van der Waals surface area contributed by atoms with E-state index in [9.17, 15) is 8.78 Å². The van der Waals surface area contributed by atoms with Crippen LogP contribution >= 0.6 is 0 Å². The summed E-state index contributed by atoms with van der Waals surface area (Å²) in [4.78, 5) is 3.77. The van der Waals surface area contributed by atoms with Crippen LogP contribution in [0.5, 0.6) is 0 Å². The molecule has 1 aromatic rings. The maximum Gasteiger partial charge on any atom is 0.174 e. The van der Waals surface area contributed by atoms with Gasteiger partial charge < -0.3 is 21.3 Å². The van der Waals surface area contributed by atoms with Crippen LogP contribution in [-0.4, -0.2) is 38.1 Å². The number of benzene rings is 1. The van der Waals surface area contributed by atoms with Crippen LogP contribution in [0.15, 0.2) is 6.07 Å². The van der Waals surface area contributed by atoms with Crippen LogP contribution in [0.25, 0.3) is 0 Å². The van der Waals surface area contributed by atoms with Gasteiger partial charge in [-0.15, -0.1) is 0 Å². The van der Waals surface area contributed by atoms with Crippen molar-refractivity contribution in [2.24, 2.45) is 0 Å². The summed E-state index contributed by atoms with van der Waals surface area (Å²) in [5, 5.41) is 0. The van der Waals surface area contributed by atoms with Crippen molar-refractivity contribution in [2.75, 3.05) is 49.6 Å². The topological polar surface area (TPSA) is 58.5 Å². The van der Waals surface area contributed by atoms with Crippen LogP contribution in [0.4, 0.5) is 25.8 Å². The van der Waals surface area contributed by atoms with Gasteiger partial charge in [-0.3, -0.25) is 0 Å². The molecule has 2 rings (SSSR count). The van der Waals surface area contributed by atoms with E-state index in [2.05, 4.69) is 4.90 Å². The normalized spacial score (nSPS) is 17.5. The SMILES string of the molecule is CN1CCN(c2c(F)cc(N)c(N)c2F)CC1. The van der Waals surface area contributed by atoms with Crippen molar-refractivity contribution in [1.29, 1.82) is 0 Å². The van der Waals surface area contributed by atoms with Crippen LogP contribution in [0.3, 0.4) is 0 Å². The number of rotatable bonds is 1. The second-order valence-electron chi connectivity index (χ2n) is 4.31. The number of nitrogens with two attached hydrogens (primary N) is 2. The molecule has 1 heterocycles. The van der Waals surface area contributed by atoms with Crippen molar-refractivity contribution in [3.63, 3.8) is 0 Å². The third-order valence-electron chi connectivity index (χ3n) is 3.08. The van der Waals surface area contributed by atoms with Crippen molar-refractivity contribution in [2.45, 2.75) is 0 Å². The van der Waals surface area contributed by atoms with Gasteiger partial charge in [-0.1, -0.05) is 0 Å². The summed E-state index contributed by atoms with van der Waals surface area (Å²) in [7, 11) is 1.97. The quantitative estimate of drug-likeness (QED) is 0.718. The van der Waals surface area contributed by atoms with Gasteiger partial charge in [-0.2, -0.15) is 0 Å². The Balaban J connectivity index is 2.35. The Morgan fingerprint density at radius 3 is 2.29 bits per heavy atom. The molecule has 1 aliphatic rings. The van der Waals surface area contributed by atoms with Crippen molar-refractivity contribution in [1.82, 2.24) is 4.90 Å². The second-order valence-corrected chi connectivity index (χ2v) is 4.31. The van der Waals surface area contributed by atoms with E-state index in [1.165, 1.54) is 0 Å². The number of likely N-dealkylation sites (N-methyl/N-ethyl adjacent to an activating group) is 1. The molecule has 0 bridgehead atoms. The first kappa shape index (κ1) is 11.9. The number of hydrogen-bond donors (Lipinski definition) is 2. The smallest absolute Gasteiger partial charge is 0.174 e. The molecule has 0 radical (unpaired) electrons. The molecule has 0 aromatic heterocycles. The second kappa shape index (κ2) is 4.37. The minimum absolute atomic E-state index is 0.0575. The van der Waals surface area contributed by atoms with E-state index in [1.54, 1.807) is 4.90 Å². The first-order chi connectivity index (χ1) is 8.00. The Morgan fingerprint density at radius 1 is 1.12 bits per heavy atom. The first-order valence-corrected chi connectivity index (χ1v) is 5.47. The molecule has 1 aromatic carbocycles. The Labute approximate surface area is 98.8 Å². The lowest BCUT2D eigenvalue weighted by molar-refractivity contribution is 0.310. The van der Waals surface area contributed by atoms with Crippen LogP contribution < -0.4 is 16.4 Å². The molecule has 0 amide bonds. The van der Waals surface area contributed by atoms with Crippen LogP contribution in [0.1, 0.15) is 0 Å². The summed E-state index contributed by atoms with van der Waals surface area (Å²) in [6.07, 6.45) is 0. The zero-order chi connectivity index (χ0) is 12.6. The fourth-order valence-corrected chi connectivity index (χ4v) is 1.96. The van der Waals surface area contributed by atoms with E-state index < -0.39 is 11.6 Å². The van der Waals surface area contributed by atoms with Crippen molar-refractivity contribution < 1.29 is 8.78 Å². The average molecular weight is 242 g/mol. The monoisotopic (exact) mass is 242 g/mol. The third-order valence-corrected chi connectivity index (χ3v) is 3.08. The fourth-order valence-electron chi connectivity index (χ4n) is 1.96. The maximum absolute atomic E-state index is 13.9. The van der Waals surface area contributed by atoms with E-state index in [1.807, 2.05) is 7.05 Å². The molecule has 0 spiro atoms. The molecule has 0 atom stereocenters. The lowest BCUT2D eigenvalue weighted by Crippen LogP contribution is -2.45. The molecule has 1 aliphatic heterocycles. The Morgan fingerprint density at radius 2 is 1.71 bits per heavy atom. The molecule has 0 saturated carbocycles. The zero-order valence-corrected chi connectivity index (χ0v) is 9.71. The van der Waals surface area contributed by atoms with Crippen LogP contribution in [-0.2, 0) is 0 Å². The third kappa shape index (κ3) is 2.12. The molecule has 4 N–H and O–H groups in total. The minimum atomic E-state index is -0.757. The molecule has 6 heteroatoms. The lowest BCUT2D eigenvalue weighted by Gasteiger charge is -2.34. The van der Waals surface area contributed by atoms with Gasteiger partial charge in [0, 0.05) is 32.2 Å². The number of piperazine rings is 1. The molecular weight excluding hydrogens is 226 g/mol. The Hall–Kier alpha value is -1.56. The summed E-state index contributed by atoms with van der Waals surface area (Å²) < 4.78 is 27.6. The van der Waals surface area contributed by atoms with E-state index in [4.69, 9.17) is 11.5 Å². The van der Waals surface area contributed by atoms with Crippen LogP contribution in [0, 0.1) is 11.6 Å². The minimum Gasteiger partial charge on any atom is -0.397 e. The largest absolute Gasteiger partial charge is 0.397 e. The molecule has 1 saturated heterocycles. The van der Waals surface area contributed by atoms with Gasteiger partial charge in [-0.25, -0.2) is 8.78 Å². The summed E-state index contributed by atoms with van der Waals surface area (Å²) in [5.41, 5.74) is 10.6. The van der Waals surface area contributed by atoms with Gasteiger partial charge in [0.05, 0.1) is 11.4 Å². The fraction of sp³-hybridized carbons (Fsp3) is 0.455. The summed E-state index contributed by atoms with van der Waals surface area (Å²) in [6.45, 7) is 2.69. The van der Waals surface area contributed by atoms with Gasteiger partial charge >= 0.3 is 0 Å². The first-order valence-electron chi connectivity index (χ1n) is 5.47. The molecule has 4 nitrogen and oxygen atoms in total. The molecule has 94 valence electrons. The van der Waals surface area contributed by atoms with Crippen molar-refractivity contribution >= 4 is 17.1 Å². The number of nitrogen functional groups attached to an aromatic ring is 2. The number of nitrogens with zero attached hydrogens (tertiary/aromatic N) is 2. The molecule has 0 unspecified atom stereocenters. The Bertz CT molecular complexity index is 428. The van der Waals surface area contributed by atoms with E-state index in [0.717, 1.165) is 19.2 Å². The Kier molecular flexibility index (Phi) is 3.06. The zero-order valence-electron chi connectivity index (χ0n) is 9.71. The number of anilines is 3. The van der Waals surface area contributed by atoms with E-state index >= 15 is 0 Å². The average Bonchev–Trinajstić information content (AvgIpc) is 2.29. The maximum atomic E-state index is 13.9. The summed E-state index contributed by atoms with van der Waals surface area (Å²) in [5.74, 6) is -1.41. The van der Waals surface area contributed by atoms with E-state index in [-0.39, 0.29) is 17.1 Å². The highest BCUT2D eigenvalue weighted by Gasteiger charge is 2.23. The molecule has 0 aliphatic carbocycles. The van der Waals surface area contributed by atoms with Gasteiger partial charge in [-0.05, 0) is 7.05 Å². The van der Waals surface area contributed by atoms with Crippen LogP contribution in [0.2, 0.25) is 0 Å². The molecule has 1 fully saturated rings. The number of hydrogen-bond acceptors (Lipinski definition) is 4. The summed E-state index contributed by atoms with van der Waals surface area (Å²) >= 11 is 0. The van der Waals surface area contributed by atoms with Crippen molar-refractivity contribution in [3.8, 4) is 0 Å².